The Morgan fingerprint density at radius 1 is 1.50 bits per heavy atom. The molecule has 1 aromatic rings. The smallest absolute Gasteiger partial charge is 0.0218 e. The van der Waals surface area contributed by atoms with E-state index in [1.165, 1.54) is 30.6 Å². The number of rotatable bonds is 8. The molecule has 1 saturated carbocycles. The molecule has 0 aliphatic heterocycles. The lowest BCUT2D eigenvalue weighted by molar-refractivity contribution is 0.174. The van der Waals surface area contributed by atoms with Crippen LogP contribution in [0.3, 0.4) is 0 Å². The molecular formula is C15H26N2S. The number of hydrogen-bond acceptors (Lipinski definition) is 3. The van der Waals surface area contributed by atoms with Gasteiger partial charge in [-0.25, -0.2) is 0 Å². The van der Waals surface area contributed by atoms with Crippen molar-refractivity contribution in [2.45, 2.75) is 57.7 Å². The minimum atomic E-state index is 0.620. The van der Waals surface area contributed by atoms with E-state index in [1.807, 2.05) is 11.3 Å². The maximum atomic E-state index is 3.66. The molecule has 0 bridgehead atoms. The Morgan fingerprint density at radius 3 is 2.83 bits per heavy atom. The molecular weight excluding hydrogens is 240 g/mol. The summed E-state index contributed by atoms with van der Waals surface area (Å²) in [5, 5.41) is 5.84. The summed E-state index contributed by atoms with van der Waals surface area (Å²) in [5.74, 6) is 0. The zero-order valence-corrected chi connectivity index (χ0v) is 12.7. The molecule has 2 rings (SSSR count). The molecule has 1 heterocycles. The Balaban J connectivity index is 1.80. The van der Waals surface area contributed by atoms with E-state index < -0.39 is 0 Å². The first-order valence-electron chi connectivity index (χ1n) is 7.18. The van der Waals surface area contributed by atoms with Gasteiger partial charge in [0, 0.05) is 29.5 Å². The Kier molecular flexibility index (Phi) is 5.22. The predicted octanol–water partition coefficient (Wildman–Crippen LogP) is 3.14. The third-order valence-corrected chi connectivity index (χ3v) is 4.94. The topological polar surface area (TPSA) is 15.3 Å². The molecule has 102 valence electrons. The van der Waals surface area contributed by atoms with Crippen LogP contribution in [0.2, 0.25) is 0 Å². The van der Waals surface area contributed by atoms with E-state index in [-0.39, 0.29) is 0 Å². The highest BCUT2D eigenvalue weighted by Crippen LogP contribution is 2.20. The number of nitrogens with zero attached hydrogens (tertiary/aromatic N) is 1. The van der Waals surface area contributed by atoms with Crippen LogP contribution in [0, 0.1) is 0 Å². The Morgan fingerprint density at radius 2 is 2.28 bits per heavy atom. The van der Waals surface area contributed by atoms with Gasteiger partial charge in [-0.3, -0.25) is 4.90 Å². The van der Waals surface area contributed by atoms with Crippen molar-refractivity contribution in [3.63, 3.8) is 0 Å². The summed E-state index contributed by atoms with van der Waals surface area (Å²) in [4.78, 5) is 4.05. The number of thiophene rings is 1. The number of hydrogen-bond donors (Lipinski definition) is 1. The molecule has 1 fully saturated rings. The minimum Gasteiger partial charge on any atom is -0.312 e. The predicted molar refractivity (Wildman–Crippen MR) is 80.4 cm³/mol. The average molecular weight is 266 g/mol. The Bertz CT molecular complexity index is 332. The van der Waals surface area contributed by atoms with Gasteiger partial charge in [0.1, 0.15) is 0 Å². The number of nitrogens with one attached hydrogen (secondary N) is 1. The summed E-state index contributed by atoms with van der Waals surface area (Å²) in [7, 11) is 2.28. The average Bonchev–Trinajstić information content (AvgIpc) is 3.06. The van der Waals surface area contributed by atoms with Gasteiger partial charge < -0.3 is 5.32 Å². The molecule has 2 nitrogen and oxygen atoms in total. The third-order valence-electron chi connectivity index (χ3n) is 4.04. The zero-order valence-electron chi connectivity index (χ0n) is 11.9. The van der Waals surface area contributed by atoms with Gasteiger partial charge in [0.05, 0.1) is 0 Å². The van der Waals surface area contributed by atoms with Crippen molar-refractivity contribution in [1.29, 1.82) is 0 Å². The summed E-state index contributed by atoms with van der Waals surface area (Å²) in [6.07, 6.45) is 5.16. The molecule has 1 aliphatic carbocycles. The monoisotopic (exact) mass is 266 g/mol. The summed E-state index contributed by atoms with van der Waals surface area (Å²) in [5.41, 5.74) is 0. The summed E-state index contributed by atoms with van der Waals surface area (Å²) >= 11 is 1.87. The van der Waals surface area contributed by atoms with Crippen LogP contribution in [-0.4, -0.2) is 36.6 Å². The third kappa shape index (κ3) is 4.08. The SMILES string of the molecule is CCC(CNC1CC1)N(C)C(C)Cc1cccs1. The van der Waals surface area contributed by atoms with Crippen LogP contribution < -0.4 is 5.32 Å². The van der Waals surface area contributed by atoms with Crippen molar-refractivity contribution in [3.8, 4) is 0 Å². The van der Waals surface area contributed by atoms with Crippen LogP contribution in [0.5, 0.6) is 0 Å². The second kappa shape index (κ2) is 6.69. The molecule has 18 heavy (non-hydrogen) atoms. The molecule has 1 N–H and O–H groups in total. The highest BCUT2D eigenvalue weighted by molar-refractivity contribution is 7.09. The maximum absolute atomic E-state index is 3.66. The fraction of sp³-hybridized carbons (Fsp3) is 0.733. The van der Waals surface area contributed by atoms with Crippen molar-refractivity contribution < 1.29 is 0 Å². The van der Waals surface area contributed by atoms with Crippen molar-refractivity contribution in [2.24, 2.45) is 0 Å². The van der Waals surface area contributed by atoms with Crippen LogP contribution in [-0.2, 0) is 6.42 Å². The van der Waals surface area contributed by atoms with Gasteiger partial charge in [-0.05, 0) is 51.1 Å². The van der Waals surface area contributed by atoms with Crippen LogP contribution in [0.15, 0.2) is 17.5 Å². The van der Waals surface area contributed by atoms with E-state index in [0.29, 0.717) is 12.1 Å². The van der Waals surface area contributed by atoms with Gasteiger partial charge in [-0.2, -0.15) is 0 Å². The minimum absolute atomic E-state index is 0.620. The highest BCUT2D eigenvalue weighted by Gasteiger charge is 2.24. The van der Waals surface area contributed by atoms with E-state index >= 15 is 0 Å². The quantitative estimate of drug-likeness (QED) is 0.777. The van der Waals surface area contributed by atoms with E-state index in [1.54, 1.807) is 0 Å². The number of likely N-dealkylation sites (N-methyl/N-ethyl adjacent to an activating group) is 1. The van der Waals surface area contributed by atoms with Crippen molar-refractivity contribution in [3.05, 3.63) is 22.4 Å². The molecule has 1 aromatic heterocycles. The maximum Gasteiger partial charge on any atom is 0.0218 e. The molecule has 1 aliphatic rings. The molecule has 0 spiro atoms. The highest BCUT2D eigenvalue weighted by atomic mass is 32.1. The Labute approximate surface area is 115 Å². The van der Waals surface area contributed by atoms with Gasteiger partial charge in [0.25, 0.3) is 0 Å². The van der Waals surface area contributed by atoms with Gasteiger partial charge in [0.15, 0.2) is 0 Å². The first-order chi connectivity index (χ1) is 8.70. The van der Waals surface area contributed by atoms with Crippen LogP contribution in [0.4, 0.5) is 0 Å². The van der Waals surface area contributed by atoms with Gasteiger partial charge >= 0.3 is 0 Å². The fourth-order valence-corrected chi connectivity index (χ4v) is 3.22. The summed E-state index contributed by atoms with van der Waals surface area (Å²) in [6, 6.07) is 6.51. The zero-order chi connectivity index (χ0) is 13.0. The lowest BCUT2D eigenvalue weighted by atomic mass is 10.1. The fourth-order valence-electron chi connectivity index (χ4n) is 2.39. The van der Waals surface area contributed by atoms with Crippen molar-refractivity contribution >= 4 is 11.3 Å². The van der Waals surface area contributed by atoms with Gasteiger partial charge in [0.2, 0.25) is 0 Å². The van der Waals surface area contributed by atoms with Gasteiger partial charge in [-0.1, -0.05) is 13.0 Å². The van der Waals surface area contributed by atoms with Crippen LogP contribution in [0.25, 0.3) is 0 Å². The first-order valence-corrected chi connectivity index (χ1v) is 8.06. The molecule has 0 saturated heterocycles. The van der Waals surface area contributed by atoms with E-state index in [4.69, 9.17) is 0 Å². The van der Waals surface area contributed by atoms with Crippen molar-refractivity contribution in [2.75, 3.05) is 13.6 Å². The Hall–Kier alpha value is -0.380. The van der Waals surface area contributed by atoms with Crippen molar-refractivity contribution in [1.82, 2.24) is 10.2 Å². The second-order valence-corrected chi connectivity index (χ2v) is 6.57. The van der Waals surface area contributed by atoms with Crippen LogP contribution in [0.1, 0.15) is 38.0 Å². The van der Waals surface area contributed by atoms with Crippen LogP contribution >= 0.6 is 11.3 Å². The van der Waals surface area contributed by atoms with E-state index in [2.05, 4.69) is 48.6 Å². The second-order valence-electron chi connectivity index (χ2n) is 5.54. The molecule has 2 unspecified atom stereocenters. The lowest BCUT2D eigenvalue weighted by Crippen LogP contribution is -2.45. The first kappa shape index (κ1) is 14.0. The van der Waals surface area contributed by atoms with E-state index in [9.17, 15) is 0 Å². The molecule has 0 amide bonds. The molecule has 3 heteroatoms. The lowest BCUT2D eigenvalue weighted by Gasteiger charge is -2.32. The normalized spacial score (nSPS) is 19.1. The molecule has 0 aromatic carbocycles. The standard InChI is InChI=1S/C15H26N2S/c1-4-14(11-16-13-7-8-13)17(3)12(2)10-15-6-5-9-18-15/h5-6,9,12-14,16H,4,7-8,10-11H2,1-3H3. The molecule has 0 radical (unpaired) electrons. The van der Waals surface area contributed by atoms with E-state index in [0.717, 1.165) is 12.6 Å². The summed E-state index contributed by atoms with van der Waals surface area (Å²) < 4.78 is 0. The van der Waals surface area contributed by atoms with Gasteiger partial charge in [-0.15, -0.1) is 11.3 Å². The molecule has 2 atom stereocenters. The largest absolute Gasteiger partial charge is 0.312 e. The summed E-state index contributed by atoms with van der Waals surface area (Å²) in [6.45, 7) is 5.79.